The maximum Gasteiger partial charge on any atom is 0.338 e. The normalized spacial score (nSPS) is 13.5. The number of esters is 1. The van der Waals surface area contributed by atoms with E-state index in [1.165, 1.54) is 6.20 Å². The number of halogens is 1. The molecular weight excluding hydrogens is 370 g/mol. The smallest absolute Gasteiger partial charge is 0.338 e. The first-order chi connectivity index (χ1) is 13.0. The number of benzene rings is 1. The monoisotopic (exact) mass is 387 g/mol. The molecule has 7 nitrogen and oxygen atoms in total. The zero-order valence-corrected chi connectivity index (χ0v) is 15.2. The maximum atomic E-state index is 12.1. The van der Waals surface area contributed by atoms with Gasteiger partial charge in [0.25, 0.3) is 5.91 Å². The standard InChI is InChI=1S/C19H18ClN3O4/c20-15-7-8-16(21-10-15)22-17(24)12-27-19(26)14-5-3-13(4-6-14)11-23-9-1-2-18(23)25/h3-8,10H,1-2,9,11-12H2,(H,21,22,24). The van der Waals surface area contributed by atoms with Crippen LogP contribution in [-0.2, 0) is 20.9 Å². The first-order valence-corrected chi connectivity index (χ1v) is 8.84. The van der Waals surface area contributed by atoms with Crippen LogP contribution in [0.2, 0.25) is 5.02 Å². The van der Waals surface area contributed by atoms with Gasteiger partial charge in [0, 0.05) is 25.7 Å². The van der Waals surface area contributed by atoms with Crippen molar-refractivity contribution in [3.63, 3.8) is 0 Å². The van der Waals surface area contributed by atoms with Crippen LogP contribution >= 0.6 is 11.6 Å². The number of ether oxygens (including phenoxy) is 1. The highest BCUT2D eigenvalue weighted by molar-refractivity contribution is 6.30. The van der Waals surface area contributed by atoms with E-state index < -0.39 is 18.5 Å². The number of carbonyl (C=O) groups is 3. The lowest BCUT2D eigenvalue weighted by Crippen LogP contribution is -2.24. The minimum Gasteiger partial charge on any atom is -0.452 e. The second kappa shape index (κ2) is 8.64. The van der Waals surface area contributed by atoms with Gasteiger partial charge in [-0.05, 0) is 36.2 Å². The highest BCUT2D eigenvalue weighted by Crippen LogP contribution is 2.15. The fraction of sp³-hybridized carbons (Fsp3) is 0.263. The Morgan fingerprint density at radius 1 is 1.19 bits per heavy atom. The van der Waals surface area contributed by atoms with Gasteiger partial charge in [0.05, 0.1) is 10.6 Å². The lowest BCUT2D eigenvalue weighted by Gasteiger charge is -2.15. The van der Waals surface area contributed by atoms with E-state index in [0.29, 0.717) is 29.4 Å². The second-order valence-corrected chi connectivity index (χ2v) is 6.54. The predicted molar refractivity (Wildman–Crippen MR) is 99.3 cm³/mol. The average molecular weight is 388 g/mol. The molecule has 1 aromatic heterocycles. The molecule has 1 aliphatic heterocycles. The summed E-state index contributed by atoms with van der Waals surface area (Å²) in [4.78, 5) is 41.2. The molecule has 1 saturated heterocycles. The molecule has 27 heavy (non-hydrogen) atoms. The summed E-state index contributed by atoms with van der Waals surface area (Å²) >= 11 is 5.72. The summed E-state index contributed by atoms with van der Waals surface area (Å²) in [6.45, 7) is 0.873. The Kier molecular flexibility index (Phi) is 6.03. The fourth-order valence-corrected chi connectivity index (χ4v) is 2.79. The minimum absolute atomic E-state index is 0.152. The van der Waals surface area contributed by atoms with Gasteiger partial charge in [-0.15, -0.1) is 0 Å². The van der Waals surface area contributed by atoms with E-state index in [4.69, 9.17) is 16.3 Å². The Morgan fingerprint density at radius 3 is 2.59 bits per heavy atom. The fourth-order valence-electron chi connectivity index (χ4n) is 2.68. The van der Waals surface area contributed by atoms with Gasteiger partial charge in [-0.3, -0.25) is 9.59 Å². The van der Waals surface area contributed by atoms with Gasteiger partial charge < -0.3 is 15.0 Å². The molecule has 2 heterocycles. The van der Waals surface area contributed by atoms with Crippen molar-refractivity contribution in [2.45, 2.75) is 19.4 Å². The summed E-state index contributed by atoms with van der Waals surface area (Å²) in [5.74, 6) is -0.624. The highest BCUT2D eigenvalue weighted by atomic mass is 35.5. The van der Waals surface area contributed by atoms with Crippen LogP contribution in [-0.4, -0.2) is 40.8 Å². The number of nitrogens with one attached hydrogen (secondary N) is 1. The third-order valence-corrected chi connectivity index (χ3v) is 4.29. The number of pyridine rings is 1. The van der Waals surface area contributed by atoms with Crippen molar-refractivity contribution >= 4 is 35.2 Å². The molecule has 140 valence electrons. The Morgan fingerprint density at radius 2 is 1.96 bits per heavy atom. The lowest BCUT2D eigenvalue weighted by molar-refractivity contribution is -0.128. The summed E-state index contributed by atoms with van der Waals surface area (Å²) < 4.78 is 5.01. The zero-order chi connectivity index (χ0) is 19.2. The number of rotatable bonds is 6. The lowest BCUT2D eigenvalue weighted by atomic mass is 10.1. The second-order valence-electron chi connectivity index (χ2n) is 6.10. The molecule has 1 fully saturated rings. The van der Waals surface area contributed by atoms with Gasteiger partial charge in [0.15, 0.2) is 6.61 Å². The van der Waals surface area contributed by atoms with Crippen molar-refractivity contribution in [3.05, 3.63) is 58.7 Å². The van der Waals surface area contributed by atoms with Crippen LogP contribution in [0.1, 0.15) is 28.8 Å². The van der Waals surface area contributed by atoms with Crippen LogP contribution in [0.5, 0.6) is 0 Å². The number of hydrogen-bond donors (Lipinski definition) is 1. The van der Waals surface area contributed by atoms with Gasteiger partial charge in [-0.2, -0.15) is 0 Å². The SMILES string of the molecule is O=C(COC(=O)c1ccc(CN2CCCC2=O)cc1)Nc1ccc(Cl)cn1. The molecule has 0 radical (unpaired) electrons. The van der Waals surface area contributed by atoms with E-state index in [2.05, 4.69) is 10.3 Å². The van der Waals surface area contributed by atoms with Crippen LogP contribution in [0, 0.1) is 0 Å². The van der Waals surface area contributed by atoms with Gasteiger partial charge in [0.2, 0.25) is 5.91 Å². The van der Waals surface area contributed by atoms with Crippen molar-refractivity contribution in [1.29, 1.82) is 0 Å². The Balaban J connectivity index is 1.48. The third kappa shape index (κ3) is 5.27. The molecule has 0 aliphatic carbocycles. The van der Waals surface area contributed by atoms with Gasteiger partial charge in [-0.1, -0.05) is 23.7 Å². The molecular formula is C19H18ClN3O4. The first kappa shape index (κ1) is 18.8. The summed E-state index contributed by atoms with van der Waals surface area (Å²) in [7, 11) is 0. The summed E-state index contributed by atoms with van der Waals surface area (Å²) in [5, 5.41) is 2.96. The molecule has 0 unspecified atom stereocenters. The molecule has 1 aromatic carbocycles. The minimum atomic E-state index is -0.599. The number of nitrogens with zero attached hydrogens (tertiary/aromatic N) is 2. The summed E-state index contributed by atoms with van der Waals surface area (Å²) in [6, 6.07) is 9.94. The maximum absolute atomic E-state index is 12.1. The van der Waals surface area contributed by atoms with Crippen LogP contribution in [0.3, 0.4) is 0 Å². The molecule has 1 N–H and O–H groups in total. The van der Waals surface area contributed by atoms with E-state index in [9.17, 15) is 14.4 Å². The van der Waals surface area contributed by atoms with E-state index >= 15 is 0 Å². The summed E-state index contributed by atoms with van der Waals surface area (Å²) in [6.07, 6.45) is 2.88. The summed E-state index contributed by atoms with van der Waals surface area (Å²) in [5.41, 5.74) is 1.28. The quantitative estimate of drug-likeness (QED) is 0.770. The number of hydrogen-bond acceptors (Lipinski definition) is 5. The molecule has 1 aliphatic rings. The van der Waals surface area contributed by atoms with E-state index in [1.807, 2.05) is 0 Å². The number of aromatic nitrogens is 1. The van der Waals surface area contributed by atoms with Crippen molar-refractivity contribution in [2.24, 2.45) is 0 Å². The molecule has 8 heteroatoms. The van der Waals surface area contributed by atoms with Crippen LogP contribution in [0.4, 0.5) is 5.82 Å². The average Bonchev–Trinajstić information content (AvgIpc) is 3.07. The van der Waals surface area contributed by atoms with Gasteiger partial charge >= 0.3 is 5.97 Å². The van der Waals surface area contributed by atoms with E-state index in [0.717, 1.165) is 18.5 Å². The van der Waals surface area contributed by atoms with Crippen molar-refractivity contribution in [1.82, 2.24) is 9.88 Å². The Labute approximate surface area is 161 Å². The zero-order valence-electron chi connectivity index (χ0n) is 14.5. The van der Waals surface area contributed by atoms with Crippen LogP contribution < -0.4 is 5.32 Å². The molecule has 0 spiro atoms. The molecule has 0 saturated carbocycles. The van der Waals surface area contributed by atoms with E-state index in [1.54, 1.807) is 41.3 Å². The molecule has 2 amide bonds. The molecule has 3 rings (SSSR count). The molecule has 0 atom stereocenters. The number of likely N-dealkylation sites (tertiary alicyclic amines) is 1. The van der Waals surface area contributed by atoms with E-state index in [-0.39, 0.29) is 5.91 Å². The number of anilines is 1. The van der Waals surface area contributed by atoms with Crippen LogP contribution in [0.15, 0.2) is 42.6 Å². The van der Waals surface area contributed by atoms with Gasteiger partial charge in [0.1, 0.15) is 5.82 Å². The third-order valence-electron chi connectivity index (χ3n) is 4.06. The Hall–Kier alpha value is -2.93. The Bertz CT molecular complexity index is 837. The number of amides is 2. The van der Waals surface area contributed by atoms with Crippen molar-refractivity contribution in [2.75, 3.05) is 18.5 Å². The van der Waals surface area contributed by atoms with Crippen LogP contribution in [0.25, 0.3) is 0 Å². The largest absolute Gasteiger partial charge is 0.452 e. The topological polar surface area (TPSA) is 88.6 Å². The van der Waals surface area contributed by atoms with Crippen molar-refractivity contribution < 1.29 is 19.1 Å². The predicted octanol–water partition coefficient (Wildman–Crippen LogP) is 2.65. The molecule has 2 aromatic rings. The number of carbonyl (C=O) groups excluding carboxylic acids is 3. The first-order valence-electron chi connectivity index (χ1n) is 8.46. The molecule has 0 bridgehead atoms. The van der Waals surface area contributed by atoms with Crippen molar-refractivity contribution in [3.8, 4) is 0 Å². The van der Waals surface area contributed by atoms with Gasteiger partial charge in [-0.25, -0.2) is 9.78 Å². The highest BCUT2D eigenvalue weighted by Gasteiger charge is 2.20.